The van der Waals surface area contributed by atoms with Gasteiger partial charge in [-0.1, -0.05) is 6.92 Å². The topological polar surface area (TPSA) is 88.8 Å². The Labute approximate surface area is 194 Å². The number of hydrogen-bond donors (Lipinski definition) is 1. The van der Waals surface area contributed by atoms with E-state index >= 15 is 0 Å². The van der Waals surface area contributed by atoms with Crippen LogP contribution in [0.2, 0.25) is 0 Å². The molecule has 7 nitrogen and oxygen atoms in total. The van der Waals surface area contributed by atoms with Gasteiger partial charge in [0.25, 0.3) is 5.56 Å². The molecule has 166 valence electrons. The van der Waals surface area contributed by atoms with Crippen LogP contribution in [0.15, 0.2) is 38.5 Å². The maximum absolute atomic E-state index is 14.6. The van der Waals surface area contributed by atoms with Crippen molar-refractivity contribution in [3.8, 4) is 0 Å². The standard InChI is InChI=1S/C22H17F2IN2O5/c1-3-22(31)15-4-5-27(20(29)14(15)10-32-21(22)30)8-17-18(25)13(9-28)12-6-11(23)7-16(24)19(12)26(17)2/h4-7,31H,3,8,10H2,1-2H3/t22-/m0/s1. The highest BCUT2D eigenvalue weighted by Crippen LogP contribution is 2.43. The molecule has 1 N–H and O–H groups in total. The van der Waals surface area contributed by atoms with Gasteiger partial charge in [0.15, 0.2) is 5.60 Å². The first-order chi connectivity index (χ1) is 15.1. The van der Waals surface area contributed by atoms with Gasteiger partial charge in [0, 0.05) is 30.4 Å². The van der Waals surface area contributed by atoms with Crippen molar-refractivity contribution in [1.29, 1.82) is 0 Å². The molecule has 10 heteroatoms. The Bertz CT molecular complexity index is 1310. The molecule has 2 aliphatic rings. The number of allylic oxidation sites excluding steroid dienone is 3. The fraction of sp³-hybridized carbons (Fsp3) is 0.273. The number of anilines is 1. The predicted octanol–water partition coefficient (Wildman–Crippen LogP) is 2.79. The molecule has 1 atom stereocenters. The number of pyridine rings is 1. The summed E-state index contributed by atoms with van der Waals surface area (Å²) in [4.78, 5) is 38.3. The number of nitrogens with zero attached hydrogens (tertiary/aromatic N) is 2. The van der Waals surface area contributed by atoms with E-state index in [4.69, 9.17) is 4.74 Å². The summed E-state index contributed by atoms with van der Waals surface area (Å²) in [5, 5.41) is 10.7. The number of hydrogen-bond acceptors (Lipinski definition) is 6. The summed E-state index contributed by atoms with van der Waals surface area (Å²) >= 11 is 1.88. The summed E-state index contributed by atoms with van der Waals surface area (Å²) in [6, 6.07) is 3.27. The van der Waals surface area contributed by atoms with E-state index in [-0.39, 0.29) is 47.5 Å². The van der Waals surface area contributed by atoms with E-state index in [1.165, 1.54) is 21.7 Å². The first kappa shape index (κ1) is 22.4. The Morgan fingerprint density at radius 1 is 1.31 bits per heavy atom. The zero-order chi connectivity index (χ0) is 23.4. The molecule has 0 unspecified atom stereocenters. The van der Waals surface area contributed by atoms with Crippen molar-refractivity contribution in [2.24, 2.45) is 0 Å². The molecular formula is C22H17F2IN2O5. The van der Waals surface area contributed by atoms with Crippen LogP contribution in [-0.2, 0) is 33.1 Å². The largest absolute Gasteiger partial charge is 0.458 e. The van der Waals surface area contributed by atoms with Gasteiger partial charge in [-0.3, -0.25) is 4.79 Å². The third-order valence-electron chi connectivity index (χ3n) is 5.84. The minimum atomic E-state index is -1.90. The molecule has 0 spiro atoms. The molecule has 0 saturated heterocycles. The second-order valence-electron chi connectivity index (χ2n) is 7.51. The zero-order valence-corrected chi connectivity index (χ0v) is 19.2. The molecule has 0 amide bonds. The lowest BCUT2D eigenvalue weighted by Gasteiger charge is -2.33. The molecule has 32 heavy (non-hydrogen) atoms. The number of aromatic nitrogens is 1. The van der Waals surface area contributed by atoms with Gasteiger partial charge in [-0.2, -0.15) is 0 Å². The van der Waals surface area contributed by atoms with Crippen molar-refractivity contribution < 1.29 is 28.2 Å². The minimum Gasteiger partial charge on any atom is -0.458 e. The molecule has 2 aromatic rings. The van der Waals surface area contributed by atoms with Crippen LogP contribution in [0.5, 0.6) is 0 Å². The van der Waals surface area contributed by atoms with Crippen LogP contribution in [0, 0.1) is 11.6 Å². The van der Waals surface area contributed by atoms with E-state index in [0.29, 0.717) is 9.28 Å². The van der Waals surface area contributed by atoms with Gasteiger partial charge in [0.2, 0.25) is 0 Å². The summed E-state index contributed by atoms with van der Waals surface area (Å²) in [7, 11) is 1.55. The SMILES string of the molecule is CC[C@@]1(O)C(=O)OCc2c1ccn(CC1=C(I)C(=C=O)c3cc(F)cc(F)c3N1C)c2=O. The number of carbonyl (C=O) groups excluding carboxylic acids is 2. The normalized spacial score (nSPS) is 20.0. The van der Waals surface area contributed by atoms with Crippen molar-refractivity contribution in [3.63, 3.8) is 0 Å². The highest BCUT2D eigenvalue weighted by atomic mass is 127. The van der Waals surface area contributed by atoms with Crippen molar-refractivity contribution in [1.82, 2.24) is 4.57 Å². The third kappa shape index (κ3) is 3.21. The Kier molecular flexibility index (Phi) is 5.56. The fourth-order valence-corrected chi connectivity index (χ4v) is 4.99. The first-order valence-corrected chi connectivity index (χ1v) is 10.7. The molecule has 4 rings (SSSR count). The summed E-state index contributed by atoms with van der Waals surface area (Å²) in [5.74, 6) is -0.732. The predicted molar refractivity (Wildman–Crippen MR) is 120 cm³/mol. The average Bonchev–Trinajstić information content (AvgIpc) is 2.75. The first-order valence-electron chi connectivity index (χ1n) is 9.63. The van der Waals surface area contributed by atoms with E-state index in [9.17, 15) is 28.3 Å². The van der Waals surface area contributed by atoms with Crippen molar-refractivity contribution >= 4 is 45.8 Å². The Morgan fingerprint density at radius 3 is 2.69 bits per heavy atom. The number of halogens is 3. The molecule has 2 aliphatic heterocycles. The number of ether oxygens (including phenoxy) is 1. The Morgan fingerprint density at radius 2 is 2.03 bits per heavy atom. The number of rotatable bonds is 3. The van der Waals surface area contributed by atoms with E-state index in [1.54, 1.807) is 19.9 Å². The molecule has 3 heterocycles. The summed E-state index contributed by atoms with van der Waals surface area (Å²) in [5.41, 5.74) is -1.57. The molecular weight excluding hydrogens is 537 g/mol. The smallest absolute Gasteiger partial charge is 0.343 e. The molecule has 0 fully saturated rings. The van der Waals surface area contributed by atoms with Crippen molar-refractivity contribution in [3.05, 3.63) is 72.4 Å². The van der Waals surface area contributed by atoms with Crippen LogP contribution in [0.1, 0.15) is 30.0 Å². The van der Waals surface area contributed by atoms with Gasteiger partial charge >= 0.3 is 5.97 Å². The maximum Gasteiger partial charge on any atom is 0.343 e. The number of fused-ring (bicyclic) bond motifs is 2. The van der Waals surface area contributed by atoms with Crippen molar-refractivity contribution in [2.75, 3.05) is 11.9 Å². The maximum atomic E-state index is 14.6. The number of esters is 1. The third-order valence-corrected chi connectivity index (χ3v) is 7.00. The molecule has 0 radical (unpaired) electrons. The van der Waals surface area contributed by atoms with Gasteiger partial charge in [-0.15, -0.1) is 0 Å². The number of carbonyl (C=O) groups is 1. The van der Waals surface area contributed by atoms with E-state index in [1.807, 2.05) is 22.6 Å². The van der Waals surface area contributed by atoms with E-state index < -0.39 is 28.8 Å². The zero-order valence-electron chi connectivity index (χ0n) is 17.0. The van der Waals surface area contributed by atoms with Crippen LogP contribution >= 0.6 is 22.6 Å². The Hall–Kier alpha value is -2.82. The van der Waals surface area contributed by atoms with Gasteiger partial charge in [0.1, 0.15) is 24.2 Å². The lowest BCUT2D eigenvalue weighted by molar-refractivity contribution is -0.172. The monoisotopic (exact) mass is 554 g/mol. The van der Waals surface area contributed by atoms with Crippen LogP contribution in [-0.4, -0.2) is 28.6 Å². The van der Waals surface area contributed by atoms with Gasteiger partial charge in [-0.25, -0.2) is 18.4 Å². The molecule has 0 saturated carbocycles. The molecule has 0 aliphatic carbocycles. The lowest BCUT2D eigenvalue weighted by Crippen LogP contribution is -2.44. The van der Waals surface area contributed by atoms with Crippen LogP contribution in [0.3, 0.4) is 0 Å². The molecule has 0 bridgehead atoms. The van der Waals surface area contributed by atoms with Crippen LogP contribution in [0.25, 0.3) is 5.57 Å². The number of cyclic esters (lactones) is 1. The number of aliphatic hydroxyl groups is 1. The number of benzene rings is 1. The van der Waals surface area contributed by atoms with E-state index in [0.717, 1.165) is 12.1 Å². The summed E-state index contributed by atoms with van der Waals surface area (Å²) < 4.78 is 35.1. The second kappa shape index (κ2) is 7.95. The van der Waals surface area contributed by atoms with Crippen LogP contribution < -0.4 is 10.5 Å². The fourth-order valence-electron chi connectivity index (χ4n) is 4.05. The van der Waals surface area contributed by atoms with Gasteiger partial charge in [-0.05, 0) is 41.1 Å². The van der Waals surface area contributed by atoms with E-state index in [2.05, 4.69) is 0 Å². The minimum absolute atomic E-state index is 0.000429. The highest BCUT2D eigenvalue weighted by Gasteiger charge is 2.44. The Balaban J connectivity index is 1.83. The summed E-state index contributed by atoms with van der Waals surface area (Å²) in [6.07, 6.45) is 1.46. The van der Waals surface area contributed by atoms with Gasteiger partial charge in [0.05, 0.1) is 32.6 Å². The lowest BCUT2D eigenvalue weighted by atomic mass is 9.87. The molecule has 1 aromatic heterocycles. The highest BCUT2D eigenvalue weighted by molar-refractivity contribution is 14.1. The number of likely N-dealkylation sites (N-methyl/N-ethyl adjacent to an activating group) is 1. The van der Waals surface area contributed by atoms with Gasteiger partial charge < -0.3 is 19.3 Å². The second-order valence-corrected chi connectivity index (χ2v) is 8.59. The molecule has 1 aromatic carbocycles. The van der Waals surface area contributed by atoms with Crippen LogP contribution in [0.4, 0.5) is 14.5 Å². The van der Waals surface area contributed by atoms with Crippen molar-refractivity contribution in [2.45, 2.75) is 32.1 Å². The average molecular weight is 554 g/mol. The quantitative estimate of drug-likeness (QED) is 0.357. The summed E-state index contributed by atoms with van der Waals surface area (Å²) in [6.45, 7) is 1.27.